The summed E-state index contributed by atoms with van der Waals surface area (Å²) in [5.41, 5.74) is 1.47. The number of methoxy groups -OCH3 is 1. The van der Waals surface area contributed by atoms with Crippen molar-refractivity contribution < 1.29 is 19.1 Å². The summed E-state index contributed by atoms with van der Waals surface area (Å²) in [5.74, 6) is 0.562. The first-order valence-electron chi connectivity index (χ1n) is 8.80. The Labute approximate surface area is 160 Å². The van der Waals surface area contributed by atoms with Gasteiger partial charge in [0.2, 0.25) is 5.91 Å². The molecule has 6 heteroatoms. The molecule has 0 radical (unpaired) electrons. The van der Waals surface area contributed by atoms with E-state index in [0.717, 1.165) is 5.56 Å². The van der Waals surface area contributed by atoms with E-state index in [2.05, 4.69) is 5.32 Å². The lowest BCUT2D eigenvalue weighted by atomic mass is 10.1. The molecule has 0 heterocycles. The summed E-state index contributed by atoms with van der Waals surface area (Å²) < 4.78 is 11.2. The molecule has 1 N–H and O–H groups in total. The van der Waals surface area contributed by atoms with Crippen LogP contribution in [0, 0.1) is 0 Å². The number of carbonyl (C=O) groups is 2. The summed E-state index contributed by atoms with van der Waals surface area (Å²) in [6.45, 7) is 4.14. The van der Waals surface area contributed by atoms with Crippen LogP contribution in [0.25, 0.3) is 0 Å². The van der Waals surface area contributed by atoms with Gasteiger partial charge in [-0.05, 0) is 37.6 Å². The van der Waals surface area contributed by atoms with Gasteiger partial charge in [-0.15, -0.1) is 0 Å². The van der Waals surface area contributed by atoms with Crippen LogP contribution in [-0.4, -0.2) is 43.5 Å². The number of amides is 2. The second-order valence-electron chi connectivity index (χ2n) is 6.52. The van der Waals surface area contributed by atoms with Gasteiger partial charge < -0.3 is 19.7 Å². The van der Waals surface area contributed by atoms with Gasteiger partial charge in [-0.3, -0.25) is 9.59 Å². The average Bonchev–Trinajstić information content (AvgIpc) is 2.65. The molecular formula is C21H26N2O4. The zero-order valence-electron chi connectivity index (χ0n) is 16.2. The van der Waals surface area contributed by atoms with E-state index in [1.54, 1.807) is 25.2 Å². The average molecular weight is 370 g/mol. The number of benzene rings is 2. The summed E-state index contributed by atoms with van der Waals surface area (Å²) in [6.07, 6.45) is 0. The minimum absolute atomic E-state index is 0.00835. The third kappa shape index (κ3) is 6.02. The van der Waals surface area contributed by atoms with Crippen LogP contribution in [0.4, 0.5) is 0 Å². The first kappa shape index (κ1) is 20.3. The fraction of sp³-hybridized carbons (Fsp3) is 0.333. The topological polar surface area (TPSA) is 67.9 Å². The maximum Gasteiger partial charge on any atom is 0.254 e. The van der Waals surface area contributed by atoms with Gasteiger partial charge in [-0.1, -0.05) is 30.3 Å². The summed E-state index contributed by atoms with van der Waals surface area (Å²) in [4.78, 5) is 25.8. The number of carbonyl (C=O) groups excluding carboxylic acids is 2. The van der Waals surface area contributed by atoms with Crippen molar-refractivity contribution in [3.05, 3.63) is 59.7 Å². The van der Waals surface area contributed by atoms with Crippen molar-refractivity contribution in [3.63, 3.8) is 0 Å². The lowest BCUT2D eigenvalue weighted by molar-refractivity contribution is -0.122. The molecule has 2 amide bonds. The Bertz CT molecular complexity index is 775. The molecule has 0 atom stereocenters. The second-order valence-corrected chi connectivity index (χ2v) is 6.52. The molecule has 6 nitrogen and oxygen atoms in total. The number of nitrogens with one attached hydrogen (secondary N) is 1. The van der Waals surface area contributed by atoms with Gasteiger partial charge >= 0.3 is 0 Å². The molecular weight excluding hydrogens is 344 g/mol. The van der Waals surface area contributed by atoms with Crippen LogP contribution in [0.2, 0.25) is 0 Å². The standard InChI is InChI=1S/C21H26N2O4/c1-15(2)22-20(24)13-23(3)21(25)17-10-11-18(19(12-17)26-4)27-14-16-8-6-5-7-9-16/h5-12,15H,13-14H2,1-4H3,(H,22,24). The van der Waals surface area contributed by atoms with Gasteiger partial charge in [0.25, 0.3) is 5.91 Å². The van der Waals surface area contributed by atoms with E-state index in [9.17, 15) is 9.59 Å². The molecule has 2 aromatic carbocycles. The summed E-state index contributed by atoms with van der Waals surface area (Å²) in [5, 5.41) is 2.77. The van der Waals surface area contributed by atoms with Crippen molar-refractivity contribution in [2.24, 2.45) is 0 Å². The fourth-order valence-electron chi connectivity index (χ4n) is 2.53. The largest absolute Gasteiger partial charge is 0.493 e. The summed E-state index contributed by atoms with van der Waals surface area (Å²) in [7, 11) is 3.12. The SMILES string of the molecule is COc1cc(C(=O)N(C)CC(=O)NC(C)C)ccc1OCc1ccccc1. The van der Waals surface area contributed by atoms with E-state index in [4.69, 9.17) is 9.47 Å². The highest BCUT2D eigenvalue weighted by atomic mass is 16.5. The lowest BCUT2D eigenvalue weighted by Gasteiger charge is -2.19. The van der Waals surface area contributed by atoms with E-state index >= 15 is 0 Å². The second kappa shape index (κ2) is 9.62. The smallest absolute Gasteiger partial charge is 0.254 e. The number of hydrogen-bond donors (Lipinski definition) is 1. The maximum atomic E-state index is 12.6. The van der Waals surface area contributed by atoms with Gasteiger partial charge in [0.1, 0.15) is 6.61 Å². The van der Waals surface area contributed by atoms with Crippen LogP contribution in [0.15, 0.2) is 48.5 Å². The minimum Gasteiger partial charge on any atom is -0.493 e. The van der Waals surface area contributed by atoms with Crippen LogP contribution in [0.5, 0.6) is 11.5 Å². The molecule has 0 spiro atoms. The quantitative estimate of drug-likeness (QED) is 0.776. The van der Waals surface area contributed by atoms with Crippen molar-refractivity contribution in [2.45, 2.75) is 26.5 Å². The van der Waals surface area contributed by atoms with Gasteiger partial charge in [0.05, 0.1) is 13.7 Å². The van der Waals surface area contributed by atoms with Crippen LogP contribution >= 0.6 is 0 Å². The zero-order chi connectivity index (χ0) is 19.8. The lowest BCUT2D eigenvalue weighted by Crippen LogP contribution is -2.40. The highest BCUT2D eigenvalue weighted by Crippen LogP contribution is 2.29. The molecule has 0 saturated carbocycles. The molecule has 0 aromatic heterocycles. The molecule has 0 saturated heterocycles. The summed E-state index contributed by atoms with van der Waals surface area (Å²) in [6, 6.07) is 14.8. The molecule has 0 bridgehead atoms. The number of nitrogens with zero attached hydrogens (tertiary/aromatic N) is 1. The van der Waals surface area contributed by atoms with E-state index in [1.165, 1.54) is 12.0 Å². The van der Waals surface area contributed by atoms with Crippen LogP contribution < -0.4 is 14.8 Å². The first-order chi connectivity index (χ1) is 12.9. The fourth-order valence-corrected chi connectivity index (χ4v) is 2.53. The minimum atomic E-state index is -0.262. The Balaban J connectivity index is 2.05. The molecule has 0 aliphatic heterocycles. The molecule has 2 rings (SSSR count). The van der Waals surface area contributed by atoms with Gasteiger partial charge in [0.15, 0.2) is 11.5 Å². The van der Waals surface area contributed by atoms with E-state index in [1.807, 2.05) is 44.2 Å². The predicted octanol–water partition coefficient (Wildman–Crippen LogP) is 2.87. The molecule has 0 fully saturated rings. The third-order valence-corrected chi connectivity index (χ3v) is 3.82. The van der Waals surface area contributed by atoms with Crippen LogP contribution in [0.1, 0.15) is 29.8 Å². The number of likely N-dealkylation sites (N-methyl/N-ethyl adjacent to an activating group) is 1. The number of rotatable bonds is 8. The van der Waals surface area contributed by atoms with Crippen molar-refractivity contribution in [2.75, 3.05) is 20.7 Å². The van der Waals surface area contributed by atoms with Crippen molar-refractivity contribution in [1.29, 1.82) is 0 Å². The zero-order valence-corrected chi connectivity index (χ0v) is 16.2. The first-order valence-corrected chi connectivity index (χ1v) is 8.80. The summed E-state index contributed by atoms with van der Waals surface area (Å²) >= 11 is 0. The van der Waals surface area contributed by atoms with Gasteiger partial charge in [-0.2, -0.15) is 0 Å². The molecule has 0 unspecified atom stereocenters. The Morgan fingerprint density at radius 1 is 1.07 bits per heavy atom. The highest BCUT2D eigenvalue weighted by Gasteiger charge is 2.17. The molecule has 2 aromatic rings. The monoisotopic (exact) mass is 370 g/mol. The molecule has 0 aliphatic carbocycles. The van der Waals surface area contributed by atoms with E-state index in [0.29, 0.717) is 23.7 Å². The Hall–Kier alpha value is -3.02. The van der Waals surface area contributed by atoms with E-state index < -0.39 is 0 Å². The predicted molar refractivity (Wildman–Crippen MR) is 104 cm³/mol. The van der Waals surface area contributed by atoms with Crippen molar-refractivity contribution >= 4 is 11.8 Å². The van der Waals surface area contributed by atoms with Crippen LogP contribution in [0.3, 0.4) is 0 Å². The number of ether oxygens (including phenoxy) is 2. The Morgan fingerprint density at radius 2 is 1.78 bits per heavy atom. The molecule has 0 aliphatic rings. The third-order valence-electron chi connectivity index (χ3n) is 3.82. The molecule has 144 valence electrons. The van der Waals surface area contributed by atoms with Gasteiger partial charge in [-0.25, -0.2) is 0 Å². The normalized spacial score (nSPS) is 10.4. The Morgan fingerprint density at radius 3 is 2.41 bits per heavy atom. The highest BCUT2D eigenvalue weighted by molar-refractivity contribution is 5.96. The maximum absolute atomic E-state index is 12.6. The molecule has 27 heavy (non-hydrogen) atoms. The van der Waals surface area contributed by atoms with Gasteiger partial charge in [0, 0.05) is 18.7 Å². The van der Waals surface area contributed by atoms with E-state index in [-0.39, 0.29) is 24.4 Å². The Kier molecular flexibility index (Phi) is 7.23. The van der Waals surface area contributed by atoms with Crippen molar-refractivity contribution in [3.8, 4) is 11.5 Å². The number of hydrogen-bond acceptors (Lipinski definition) is 4. The van der Waals surface area contributed by atoms with Crippen molar-refractivity contribution in [1.82, 2.24) is 10.2 Å². The van der Waals surface area contributed by atoms with Crippen LogP contribution in [-0.2, 0) is 11.4 Å².